The van der Waals surface area contributed by atoms with Crippen molar-refractivity contribution in [1.82, 2.24) is 19.9 Å². The van der Waals surface area contributed by atoms with Crippen LogP contribution in [-0.2, 0) is 6.54 Å². The van der Waals surface area contributed by atoms with Gasteiger partial charge in [0.2, 0.25) is 0 Å². The second kappa shape index (κ2) is 9.28. The maximum atomic E-state index is 10.2. The Morgan fingerprint density at radius 1 is 0.906 bits per heavy atom. The van der Waals surface area contributed by atoms with E-state index in [2.05, 4.69) is 34.1 Å². The molecule has 2 aromatic heterocycles. The molecule has 2 aromatic carbocycles. The Hall–Kier alpha value is -3.57. The van der Waals surface area contributed by atoms with Gasteiger partial charge in [-0.2, -0.15) is 0 Å². The van der Waals surface area contributed by atoms with E-state index in [-0.39, 0.29) is 0 Å². The molecule has 4 aromatic rings. The number of rotatable bonds is 5. The zero-order valence-electron chi connectivity index (χ0n) is 17.9. The molecule has 1 unspecified atom stereocenters. The van der Waals surface area contributed by atoms with Crippen molar-refractivity contribution in [2.24, 2.45) is 0 Å². The molecule has 5 nitrogen and oxygen atoms in total. The summed E-state index contributed by atoms with van der Waals surface area (Å²) in [5, 5.41) is 10.2. The van der Waals surface area contributed by atoms with Crippen LogP contribution in [0, 0.1) is 0 Å². The molecule has 5 rings (SSSR count). The van der Waals surface area contributed by atoms with E-state index >= 15 is 0 Å². The highest BCUT2D eigenvalue weighted by atomic mass is 16.3. The zero-order valence-corrected chi connectivity index (χ0v) is 17.9. The molecule has 1 saturated heterocycles. The van der Waals surface area contributed by atoms with Crippen molar-refractivity contribution in [2.45, 2.75) is 25.3 Å². The molecule has 0 saturated carbocycles. The van der Waals surface area contributed by atoms with Gasteiger partial charge in [-0.25, -0.2) is 9.97 Å². The number of nitrogens with zero attached hydrogens (tertiary/aromatic N) is 4. The highest BCUT2D eigenvalue weighted by molar-refractivity contribution is 5.67. The van der Waals surface area contributed by atoms with E-state index < -0.39 is 0 Å². The van der Waals surface area contributed by atoms with E-state index in [0.717, 1.165) is 66.2 Å². The summed E-state index contributed by atoms with van der Waals surface area (Å²) in [6.45, 7) is 2.67. The highest BCUT2D eigenvalue weighted by Gasteiger charge is 2.26. The molecule has 3 heterocycles. The predicted molar refractivity (Wildman–Crippen MR) is 126 cm³/mol. The molecule has 1 fully saturated rings. The summed E-state index contributed by atoms with van der Waals surface area (Å²) in [5.74, 6) is 1.40. The Morgan fingerprint density at radius 3 is 2.50 bits per heavy atom. The molecular formula is C27H26N4O. The largest absolute Gasteiger partial charge is 0.508 e. The van der Waals surface area contributed by atoms with Gasteiger partial charge >= 0.3 is 0 Å². The number of phenolic OH excluding ortho intramolecular Hbond substituents is 1. The van der Waals surface area contributed by atoms with E-state index in [0.29, 0.717) is 11.7 Å². The second-order valence-electron chi connectivity index (χ2n) is 8.30. The van der Waals surface area contributed by atoms with Crippen LogP contribution in [0.1, 0.15) is 30.0 Å². The molecule has 0 spiro atoms. The maximum Gasteiger partial charge on any atom is 0.159 e. The van der Waals surface area contributed by atoms with E-state index in [9.17, 15) is 5.11 Å². The summed E-state index contributed by atoms with van der Waals surface area (Å²) in [5.41, 5.74) is 5.28. The number of aromatic hydroxyl groups is 1. The van der Waals surface area contributed by atoms with Crippen molar-refractivity contribution >= 4 is 0 Å². The lowest BCUT2D eigenvalue weighted by Crippen LogP contribution is -2.34. The van der Waals surface area contributed by atoms with Gasteiger partial charge in [-0.05, 0) is 43.1 Å². The van der Waals surface area contributed by atoms with Crippen LogP contribution in [0.15, 0.2) is 85.3 Å². The predicted octanol–water partition coefficient (Wildman–Crippen LogP) is 5.29. The minimum absolute atomic E-state index is 0.299. The van der Waals surface area contributed by atoms with Crippen LogP contribution in [0.4, 0.5) is 0 Å². The van der Waals surface area contributed by atoms with Crippen LogP contribution in [0.25, 0.3) is 22.5 Å². The molecule has 0 bridgehead atoms. The number of benzene rings is 2. The number of aromatic nitrogens is 3. The van der Waals surface area contributed by atoms with Gasteiger partial charge in [-0.3, -0.25) is 9.88 Å². The van der Waals surface area contributed by atoms with Gasteiger partial charge < -0.3 is 5.11 Å². The number of hydrogen-bond donors (Lipinski definition) is 1. The lowest BCUT2D eigenvalue weighted by atomic mass is 9.89. The summed E-state index contributed by atoms with van der Waals surface area (Å²) < 4.78 is 0. The van der Waals surface area contributed by atoms with Crippen LogP contribution >= 0.6 is 0 Å². The number of likely N-dealkylation sites (tertiary alicyclic amines) is 1. The summed E-state index contributed by atoms with van der Waals surface area (Å²) in [6, 6.07) is 21.9. The topological polar surface area (TPSA) is 62.1 Å². The third-order valence-corrected chi connectivity index (χ3v) is 6.12. The van der Waals surface area contributed by atoms with Crippen molar-refractivity contribution in [2.75, 3.05) is 13.1 Å². The quantitative estimate of drug-likeness (QED) is 0.473. The first kappa shape index (κ1) is 20.3. The number of piperidine rings is 1. The number of pyridine rings is 1. The van der Waals surface area contributed by atoms with Crippen molar-refractivity contribution in [3.05, 3.63) is 96.6 Å². The van der Waals surface area contributed by atoms with Crippen LogP contribution in [0.2, 0.25) is 0 Å². The molecule has 1 aliphatic heterocycles. The average molecular weight is 423 g/mol. The maximum absolute atomic E-state index is 10.2. The van der Waals surface area contributed by atoms with Crippen LogP contribution in [0.5, 0.6) is 5.75 Å². The molecule has 0 radical (unpaired) electrons. The van der Waals surface area contributed by atoms with Crippen LogP contribution in [0.3, 0.4) is 0 Å². The van der Waals surface area contributed by atoms with Gasteiger partial charge in [0, 0.05) is 54.3 Å². The molecule has 160 valence electrons. The molecule has 0 amide bonds. The lowest BCUT2D eigenvalue weighted by Gasteiger charge is -2.33. The van der Waals surface area contributed by atoms with Crippen molar-refractivity contribution in [1.29, 1.82) is 0 Å². The van der Waals surface area contributed by atoms with Gasteiger partial charge in [0.05, 0.1) is 5.69 Å². The van der Waals surface area contributed by atoms with E-state index in [1.54, 1.807) is 18.5 Å². The van der Waals surface area contributed by atoms with E-state index in [1.165, 1.54) is 0 Å². The number of hydrogen-bond acceptors (Lipinski definition) is 5. The number of phenols is 1. The third kappa shape index (κ3) is 4.39. The van der Waals surface area contributed by atoms with Crippen molar-refractivity contribution < 1.29 is 5.11 Å². The molecule has 5 heteroatoms. The van der Waals surface area contributed by atoms with Gasteiger partial charge in [0.1, 0.15) is 5.75 Å². The van der Waals surface area contributed by atoms with Crippen LogP contribution < -0.4 is 0 Å². The lowest BCUT2D eigenvalue weighted by molar-refractivity contribution is 0.197. The SMILES string of the molecule is Oc1ccccc1CN1CCCC(c2nc(-c3ccncc3)ncc2-c2ccccc2)C1. The fourth-order valence-electron chi connectivity index (χ4n) is 4.49. The normalized spacial score (nSPS) is 16.7. The van der Waals surface area contributed by atoms with Gasteiger partial charge in [0.25, 0.3) is 0 Å². The molecule has 1 N–H and O–H groups in total. The molecule has 0 aliphatic carbocycles. The highest BCUT2D eigenvalue weighted by Crippen LogP contribution is 2.35. The molecule has 32 heavy (non-hydrogen) atoms. The monoisotopic (exact) mass is 422 g/mol. The van der Waals surface area contributed by atoms with Crippen molar-refractivity contribution in [3.8, 4) is 28.3 Å². The minimum Gasteiger partial charge on any atom is -0.508 e. The van der Waals surface area contributed by atoms with E-state index in [1.807, 2.05) is 42.6 Å². The Morgan fingerprint density at radius 2 is 1.69 bits per heavy atom. The third-order valence-electron chi connectivity index (χ3n) is 6.12. The first-order valence-electron chi connectivity index (χ1n) is 11.1. The Kier molecular flexibility index (Phi) is 5.90. The summed E-state index contributed by atoms with van der Waals surface area (Å²) >= 11 is 0. The van der Waals surface area contributed by atoms with Gasteiger partial charge in [0.15, 0.2) is 5.82 Å². The first-order chi connectivity index (χ1) is 15.8. The fraction of sp³-hybridized carbons (Fsp3) is 0.222. The fourth-order valence-corrected chi connectivity index (χ4v) is 4.49. The molecular weight excluding hydrogens is 396 g/mol. The smallest absolute Gasteiger partial charge is 0.159 e. The van der Waals surface area contributed by atoms with Gasteiger partial charge in [-0.1, -0.05) is 48.5 Å². The Bertz CT molecular complexity index is 1180. The zero-order chi connectivity index (χ0) is 21.8. The van der Waals surface area contributed by atoms with Crippen LogP contribution in [-0.4, -0.2) is 38.0 Å². The molecule has 1 aliphatic rings. The Balaban J connectivity index is 1.49. The Labute approximate surface area is 188 Å². The molecule has 1 atom stereocenters. The number of para-hydroxylation sites is 1. The van der Waals surface area contributed by atoms with Crippen molar-refractivity contribution in [3.63, 3.8) is 0 Å². The second-order valence-corrected chi connectivity index (χ2v) is 8.30. The summed E-state index contributed by atoms with van der Waals surface area (Å²) in [7, 11) is 0. The minimum atomic E-state index is 0.299. The average Bonchev–Trinajstić information content (AvgIpc) is 2.86. The first-order valence-corrected chi connectivity index (χ1v) is 11.1. The van der Waals surface area contributed by atoms with E-state index in [4.69, 9.17) is 9.97 Å². The van der Waals surface area contributed by atoms with Gasteiger partial charge in [-0.15, -0.1) is 0 Å². The summed E-state index contributed by atoms with van der Waals surface area (Å²) in [4.78, 5) is 16.3. The summed E-state index contributed by atoms with van der Waals surface area (Å²) in [6.07, 6.45) is 7.71. The standard InChI is InChI=1S/C27H26N4O/c32-25-11-5-4-9-22(25)18-31-16-6-10-23(19-31)26-24(20-7-2-1-3-8-20)17-29-27(30-26)21-12-14-28-15-13-21/h1-5,7-9,11-15,17,23,32H,6,10,16,18-19H2.